The molecule has 0 saturated carbocycles. The van der Waals surface area contributed by atoms with Crippen molar-refractivity contribution in [1.29, 1.82) is 0 Å². The van der Waals surface area contributed by atoms with Crippen LogP contribution < -0.4 is 10.6 Å². The molecule has 2 heteroatoms. The Balaban J connectivity index is 1.93. The van der Waals surface area contributed by atoms with E-state index in [-0.39, 0.29) is 0 Å². The third kappa shape index (κ3) is 3.02. The van der Waals surface area contributed by atoms with E-state index in [0.717, 1.165) is 12.2 Å². The molecule has 0 aliphatic carbocycles. The van der Waals surface area contributed by atoms with E-state index in [9.17, 15) is 0 Å². The number of benzene rings is 1. The van der Waals surface area contributed by atoms with Crippen molar-refractivity contribution >= 4 is 0 Å². The normalized spacial score (nSPS) is 14.0. The highest BCUT2D eigenvalue weighted by Crippen LogP contribution is 2.01. The minimum atomic E-state index is 0.852. The van der Waals surface area contributed by atoms with E-state index in [1.54, 1.807) is 0 Å². The molecular weight excluding hydrogens is 184 g/mol. The fourth-order valence-electron chi connectivity index (χ4n) is 1.37. The van der Waals surface area contributed by atoms with Gasteiger partial charge in [-0.1, -0.05) is 30.3 Å². The highest BCUT2D eigenvalue weighted by atomic mass is 14.9. The summed E-state index contributed by atoms with van der Waals surface area (Å²) in [6.45, 7) is 0.852. The molecule has 0 spiro atoms. The van der Waals surface area contributed by atoms with Gasteiger partial charge in [-0.25, -0.2) is 0 Å². The summed E-state index contributed by atoms with van der Waals surface area (Å²) in [5, 5.41) is 6.38. The second-order valence-electron chi connectivity index (χ2n) is 3.32. The maximum Gasteiger partial charge on any atom is 0.0400 e. The van der Waals surface area contributed by atoms with Gasteiger partial charge < -0.3 is 10.6 Å². The topological polar surface area (TPSA) is 24.1 Å². The van der Waals surface area contributed by atoms with Gasteiger partial charge in [0.1, 0.15) is 0 Å². The summed E-state index contributed by atoms with van der Waals surface area (Å²) in [6.07, 6.45) is 9.84. The highest BCUT2D eigenvalue weighted by Gasteiger charge is 1.93. The van der Waals surface area contributed by atoms with Crippen LogP contribution in [0.25, 0.3) is 0 Å². The Morgan fingerprint density at radius 3 is 2.80 bits per heavy atom. The second-order valence-corrected chi connectivity index (χ2v) is 3.32. The molecule has 2 nitrogen and oxygen atoms in total. The highest BCUT2D eigenvalue weighted by molar-refractivity contribution is 5.26. The summed E-state index contributed by atoms with van der Waals surface area (Å²) in [6, 6.07) is 10.4. The molecule has 15 heavy (non-hydrogen) atoms. The molecule has 0 aromatic heterocycles. The third-order valence-electron chi connectivity index (χ3n) is 2.17. The Kier molecular flexibility index (Phi) is 3.23. The van der Waals surface area contributed by atoms with Crippen LogP contribution in [0.2, 0.25) is 0 Å². The minimum Gasteiger partial charge on any atom is -0.381 e. The molecule has 2 N–H and O–H groups in total. The number of nitrogens with one attached hydrogen (secondary N) is 2. The summed E-state index contributed by atoms with van der Waals surface area (Å²) in [5.74, 6) is 0. The lowest BCUT2D eigenvalue weighted by molar-refractivity contribution is 0.833. The number of rotatable bonds is 3. The van der Waals surface area contributed by atoms with Gasteiger partial charge in [0.25, 0.3) is 0 Å². The average Bonchev–Trinajstić information content (AvgIpc) is 2.56. The van der Waals surface area contributed by atoms with Gasteiger partial charge >= 0.3 is 0 Å². The van der Waals surface area contributed by atoms with E-state index in [4.69, 9.17) is 0 Å². The van der Waals surface area contributed by atoms with E-state index in [0.29, 0.717) is 0 Å². The summed E-state index contributed by atoms with van der Waals surface area (Å²) in [5.41, 5.74) is 2.40. The number of hydrogen-bond acceptors (Lipinski definition) is 2. The zero-order chi connectivity index (χ0) is 10.3. The molecule has 0 atom stereocenters. The van der Waals surface area contributed by atoms with Crippen LogP contribution in [0, 0.1) is 0 Å². The average molecular weight is 198 g/mol. The van der Waals surface area contributed by atoms with Gasteiger partial charge in [0, 0.05) is 24.6 Å². The Morgan fingerprint density at radius 2 is 1.93 bits per heavy atom. The molecule has 0 bridgehead atoms. The maximum absolute atomic E-state index is 3.36. The van der Waals surface area contributed by atoms with Gasteiger partial charge in [-0.2, -0.15) is 0 Å². The zero-order valence-electron chi connectivity index (χ0n) is 8.48. The molecule has 0 radical (unpaired) electrons. The zero-order valence-corrected chi connectivity index (χ0v) is 8.48. The Bertz CT molecular complexity index is 388. The molecule has 2 rings (SSSR count). The van der Waals surface area contributed by atoms with Crippen molar-refractivity contribution in [2.24, 2.45) is 0 Å². The minimum absolute atomic E-state index is 0.852. The molecule has 1 aromatic rings. The molecule has 0 fully saturated rings. The van der Waals surface area contributed by atoms with Gasteiger partial charge in [-0.15, -0.1) is 0 Å². The van der Waals surface area contributed by atoms with Crippen LogP contribution in [0.4, 0.5) is 0 Å². The first kappa shape index (κ1) is 9.59. The lowest BCUT2D eigenvalue weighted by Gasteiger charge is -2.06. The molecule has 0 saturated heterocycles. The number of hydrogen-bond donors (Lipinski definition) is 2. The van der Waals surface area contributed by atoms with Crippen LogP contribution in [0.15, 0.2) is 66.7 Å². The molecule has 1 aliphatic rings. The second kappa shape index (κ2) is 5.05. The predicted molar refractivity (Wildman–Crippen MR) is 62.8 cm³/mol. The Labute approximate surface area is 90.0 Å². The van der Waals surface area contributed by atoms with Crippen molar-refractivity contribution in [3.05, 3.63) is 72.2 Å². The lowest BCUT2D eigenvalue weighted by atomic mass is 10.2. The van der Waals surface area contributed by atoms with Crippen molar-refractivity contribution in [2.75, 3.05) is 0 Å². The van der Waals surface area contributed by atoms with Crippen LogP contribution in [0.1, 0.15) is 5.56 Å². The van der Waals surface area contributed by atoms with E-state index in [2.05, 4.69) is 34.9 Å². The Morgan fingerprint density at radius 1 is 1.07 bits per heavy atom. The predicted octanol–water partition coefficient (Wildman–Crippen LogP) is 2.29. The summed E-state index contributed by atoms with van der Waals surface area (Å²) in [7, 11) is 0. The van der Waals surface area contributed by atoms with Crippen molar-refractivity contribution in [3.8, 4) is 0 Å². The van der Waals surface area contributed by atoms with Gasteiger partial charge in [0.15, 0.2) is 0 Å². The SMILES string of the molecule is C1=CNC=CC(NCc2ccccc2)=C1. The molecule has 0 amide bonds. The third-order valence-corrected chi connectivity index (χ3v) is 2.17. The first-order valence-electron chi connectivity index (χ1n) is 5.02. The molecule has 1 aromatic carbocycles. The largest absolute Gasteiger partial charge is 0.381 e. The van der Waals surface area contributed by atoms with Crippen LogP contribution in [-0.2, 0) is 6.54 Å². The van der Waals surface area contributed by atoms with Crippen molar-refractivity contribution in [1.82, 2.24) is 10.6 Å². The van der Waals surface area contributed by atoms with E-state index >= 15 is 0 Å². The molecule has 1 heterocycles. The smallest absolute Gasteiger partial charge is 0.0400 e. The lowest BCUT2D eigenvalue weighted by Crippen LogP contribution is -2.10. The van der Waals surface area contributed by atoms with Gasteiger partial charge in [-0.3, -0.25) is 0 Å². The summed E-state index contributed by atoms with van der Waals surface area (Å²) in [4.78, 5) is 0. The van der Waals surface area contributed by atoms with Crippen molar-refractivity contribution in [2.45, 2.75) is 6.54 Å². The first-order chi connectivity index (χ1) is 7.45. The van der Waals surface area contributed by atoms with Gasteiger partial charge in [-0.05, 0) is 23.8 Å². The standard InChI is InChI=1S/C13H14N2/c1-2-5-12(6-3-1)11-15-13-7-4-9-14-10-8-13/h1-10,14-15H,11H2. The summed E-state index contributed by atoms with van der Waals surface area (Å²) < 4.78 is 0. The summed E-state index contributed by atoms with van der Waals surface area (Å²) >= 11 is 0. The van der Waals surface area contributed by atoms with Crippen LogP contribution in [0.5, 0.6) is 0 Å². The maximum atomic E-state index is 3.36. The molecule has 1 aliphatic heterocycles. The van der Waals surface area contributed by atoms with E-state index < -0.39 is 0 Å². The fraction of sp³-hybridized carbons (Fsp3) is 0.0769. The fourth-order valence-corrected chi connectivity index (χ4v) is 1.37. The first-order valence-corrected chi connectivity index (χ1v) is 5.02. The number of allylic oxidation sites excluding steroid dienone is 3. The van der Waals surface area contributed by atoms with E-state index in [1.807, 2.05) is 36.7 Å². The van der Waals surface area contributed by atoms with Crippen molar-refractivity contribution < 1.29 is 0 Å². The van der Waals surface area contributed by atoms with E-state index in [1.165, 1.54) is 5.56 Å². The molecule has 0 unspecified atom stereocenters. The van der Waals surface area contributed by atoms with Crippen LogP contribution in [0.3, 0.4) is 0 Å². The Hall–Kier alpha value is -1.96. The van der Waals surface area contributed by atoms with Crippen LogP contribution in [-0.4, -0.2) is 0 Å². The monoisotopic (exact) mass is 198 g/mol. The van der Waals surface area contributed by atoms with Gasteiger partial charge in [0.05, 0.1) is 0 Å². The quantitative estimate of drug-likeness (QED) is 0.778. The molecule has 76 valence electrons. The van der Waals surface area contributed by atoms with Crippen molar-refractivity contribution in [3.63, 3.8) is 0 Å². The van der Waals surface area contributed by atoms with Gasteiger partial charge in [0.2, 0.25) is 0 Å². The van der Waals surface area contributed by atoms with Crippen LogP contribution >= 0.6 is 0 Å². The molecular formula is C13H14N2.